The topological polar surface area (TPSA) is 207 Å². The monoisotopic (exact) mass is 466 g/mol. The molecule has 4 rings (SSSR count). The van der Waals surface area contributed by atoms with Crippen molar-refractivity contribution in [3.05, 3.63) is 35.4 Å². The number of carbonyl (C=O) groups is 1. The summed E-state index contributed by atoms with van der Waals surface area (Å²) >= 11 is 0. The van der Waals surface area contributed by atoms with Crippen LogP contribution in [0.1, 0.15) is 28.9 Å². The lowest BCUT2D eigenvalue weighted by molar-refractivity contribution is -0.304. The van der Waals surface area contributed by atoms with Crippen molar-refractivity contribution in [3.63, 3.8) is 0 Å². The van der Waals surface area contributed by atoms with Crippen molar-refractivity contribution in [2.24, 2.45) is 0 Å². The molecule has 1 saturated heterocycles. The first kappa shape index (κ1) is 22.9. The molecular weight excluding hydrogens is 444 g/mol. The highest BCUT2D eigenvalue weighted by atomic mass is 16.7. The standard InChI is InChI=1S/C21H22O12/c1-6-14(26)17(29)18(30)21(31-6)33-20-16(28)13-9(23)4-8(22)5-12(13)32-19(20)7-2-10(24)15(27)11(25)3-7/h2-6,14,17-27,29-30H,1H3/t6-,14-,17+,18-,19-,20+,21-/m0/s1. The number of ether oxygens (including phenoxy) is 3. The number of fused-ring (bicyclic) bond motifs is 1. The zero-order valence-electron chi connectivity index (χ0n) is 17.1. The number of ketones is 1. The van der Waals surface area contributed by atoms with E-state index in [4.69, 9.17) is 14.2 Å². The molecule has 0 bridgehead atoms. The van der Waals surface area contributed by atoms with E-state index in [0.717, 1.165) is 24.3 Å². The van der Waals surface area contributed by atoms with Crippen LogP contribution in [0.25, 0.3) is 0 Å². The molecule has 12 nitrogen and oxygen atoms in total. The Kier molecular flexibility index (Phi) is 5.72. The number of aliphatic hydroxyl groups is 3. The van der Waals surface area contributed by atoms with E-state index in [0.29, 0.717) is 0 Å². The van der Waals surface area contributed by atoms with Crippen LogP contribution in [0.5, 0.6) is 34.5 Å². The molecule has 8 N–H and O–H groups in total. The fourth-order valence-corrected chi connectivity index (χ4v) is 3.84. The number of hydrogen-bond acceptors (Lipinski definition) is 12. The van der Waals surface area contributed by atoms with E-state index in [9.17, 15) is 45.6 Å². The van der Waals surface area contributed by atoms with Crippen molar-refractivity contribution < 1.29 is 59.9 Å². The van der Waals surface area contributed by atoms with E-state index >= 15 is 0 Å². The molecule has 178 valence electrons. The number of phenols is 5. The van der Waals surface area contributed by atoms with Gasteiger partial charge in [-0.25, -0.2) is 0 Å². The van der Waals surface area contributed by atoms with Crippen LogP contribution < -0.4 is 4.74 Å². The van der Waals surface area contributed by atoms with Gasteiger partial charge in [-0.2, -0.15) is 0 Å². The Bertz CT molecular complexity index is 1060. The molecule has 0 aliphatic carbocycles. The maximum absolute atomic E-state index is 13.3. The quantitative estimate of drug-likeness (QED) is 0.275. The van der Waals surface area contributed by atoms with Gasteiger partial charge in [0.15, 0.2) is 35.7 Å². The second kappa shape index (κ2) is 8.24. The van der Waals surface area contributed by atoms with Gasteiger partial charge >= 0.3 is 0 Å². The zero-order valence-corrected chi connectivity index (χ0v) is 17.1. The third kappa shape index (κ3) is 3.87. The largest absolute Gasteiger partial charge is 0.508 e. The van der Waals surface area contributed by atoms with Gasteiger partial charge in [0.25, 0.3) is 0 Å². The number of benzene rings is 2. The van der Waals surface area contributed by atoms with Crippen molar-refractivity contribution >= 4 is 5.78 Å². The van der Waals surface area contributed by atoms with E-state index in [1.807, 2.05) is 0 Å². The Hall–Kier alpha value is -3.29. The fourth-order valence-electron chi connectivity index (χ4n) is 3.84. The van der Waals surface area contributed by atoms with Gasteiger partial charge in [-0.15, -0.1) is 0 Å². The molecule has 33 heavy (non-hydrogen) atoms. The zero-order chi connectivity index (χ0) is 24.2. The molecule has 7 atom stereocenters. The second-order valence-corrected chi connectivity index (χ2v) is 7.89. The van der Waals surface area contributed by atoms with E-state index in [1.165, 1.54) is 6.92 Å². The molecule has 0 amide bonds. The molecule has 2 aromatic carbocycles. The molecule has 0 unspecified atom stereocenters. The second-order valence-electron chi connectivity index (χ2n) is 7.89. The molecule has 1 fully saturated rings. The van der Waals surface area contributed by atoms with Crippen LogP contribution >= 0.6 is 0 Å². The normalized spacial score (nSPS) is 31.6. The Morgan fingerprint density at radius 2 is 1.48 bits per heavy atom. The van der Waals surface area contributed by atoms with Crippen molar-refractivity contribution in [1.29, 1.82) is 0 Å². The van der Waals surface area contributed by atoms with Gasteiger partial charge in [-0.1, -0.05) is 0 Å². The Morgan fingerprint density at radius 1 is 0.848 bits per heavy atom. The summed E-state index contributed by atoms with van der Waals surface area (Å²) in [6, 6.07) is 3.96. The summed E-state index contributed by atoms with van der Waals surface area (Å²) in [5.41, 5.74) is -0.395. The number of phenolic OH excluding ortho intramolecular Hbond substituents is 5. The summed E-state index contributed by atoms with van der Waals surface area (Å²) < 4.78 is 16.8. The Labute approximate surface area is 186 Å². The highest BCUT2D eigenvalue weighted by Crippen LogP contribution is 2.46. The Balaban J connectivity index is 1.78. The van der Waals surface area contributed by atoms with Crippen molar-refractivity contribution in [2.75, 3.05) is 0 Å². The maximum Gasteiger partial charge on any atom is 0.203 e. The first-order valence-electron chi connectivity index (χ1n) is 9.86. The summed E-state index contributed by atoms with van der Waals surface area (Å²) in [6.07, 6.45) is -10.5. The summed E-state index contributed by atoms with van der Waals surface area (Å²) in [4.78, 5) is 13.3. The SMILES string of the molecule is C[C@@H]1O[C@@H](O[C@@H]2C(=O)c3c(O)cc(O)cc3O[C@H]2c2cc(O)c(O)c(O)c2)[C@@H](O)[C@H](O)[C@H]1O. The van der Waals surface area contributed by atoms with Crippen molar-refractivity contribution in [2.45, 2.75) is 49.8 Å². The highest BCUT2D eigenvalue weighted by molar-refractivity contribution is 6.05. The van der Waals surface area contributed by atoms with Gasteiger partial charge in [-0.3, -0.25) is 4.79 Å². The van der Waals surface area contributed by atoms with Crippen LogP contribution in [0.4, 0.5) is 0 Å². The molecule has 0 radical (unpaired) electrons. The van der Waals surface area contributed by atoms with Crippen molar-refractivity contribution in [1.82, 2.24) is 0 Å². The minimum Gasteiger partial charge on any atom is -0.508 e. The third-order valence-electron chi connectivity index (χ3n) is 5.61. The number of aromatic hydroxyl groups is 5. The van der Waals surface area contributed by atoms with Gasteiger partial charge < -0.3 is 55.1 Å². The molecule has 2 heterocycles. The lowest BCUT2D eigenvalue weighted by atomic mass is 9.92. The summed E-state index contributed by atoms with van der Waals surface area (Å²) in [6.45, 7) is 1.41. The molecular formula is C21H22O12. The maximum atomic E-state index is 13.3. The smallest absolute Gasteiger partial charge is 0.203 e. The van der Waals surface area contributed by atoms with Gasteiger partial charge in [-0.05, 0) is 19.1 Å². The van der Waals surface area contributed by atoms with Gasteiger partial charge in [0, 0.05) is 17.7 Å². The fraction of sp³-hybridized carbons (Fsp3) is 0.381. The third-order valence-corrected chi connectivity index (χ3v) is 5.61. The average molecular weight is 466 g/mol. The number of Topliss-reactive ketones (excluding diaryl/α,β-unsaturated/α-hetero) is 1. The minimum atomic E-state index is -1.76. The first-order chi connectivity index (χ1) is 15.5. The summed E-state index contributed by atoms with van der Waals surface area (Å²) in [5, 5.41) is 79.7. The number of rotatable bonds is 3. The molecule has 0 spiro atoms. The number of aliphatic hydroxyl groups excluding tert-OH is 3. The van der Waals surface area contributed by atoms with Gasteiger partial charge in [0.05, 0.1) is 6.10 Å². The summed E-state index contributed by atoms with van der Waals surface area (Å²) in [5.74, 6) is -4.40. The first-order valence-corrected chi connectivity index (χ1v) is 9.86. The van der Waals surface area contributed by atoms with Crippen LogP contribution in [0.2, 0.25) is 0 Å². The van der Waals surface area contributed by atoms with Gasteiger partial charge in [0.2, 0.25) is 5.78 Å². The lowest BCUT2D eigenvalue weighted by Gasteiger charge is -2.42. The predicted molar refractivity (Wildman–Crippen MR) is 106 cm³/mol. The average Bonchev–Trinajstić information content (AvgIpc) is 2.74. The van der Waals surface area contributed by atoms with Crippen molar-refractivity contribution in [3.8, 4) is 34.5 Å². The van der Waals surface area contributed by atoms with Crippen LogP contribution in [0.3, 0.4) is 0 Å². The van der Waals surface area contributed by atoms with Crippen LogP contribution in [-0.2, 0) is 9.47 Å². The minimum absolute atomic E-state index is 0.0476. The van der Waals surface area contributed by atoms with E-state index < -0.39 is 77.4 Å². The van der Waals surface area contributed by atoms with Crippen LogP contribution in [-0.4, -0.2) is 83.4 Å². The lowest BCUT2D eigenvalue weighted by Crippen LogP contribution is -2.59. The molecule has 2 aliphatic heterocycles. The predicted octanol–water partition coefficient (Wildman–Crippen LogP) is -0.256. The highest BCUT2D eigenvalue weighted by Gasteiger charge is 2.48. The Morgan fingerprint density at radius 3 is 2.12 bits per heavy atom. The van der Waals surface area contributed by atoms with E-state index in [2.05, 4.69) is 0 Å². The number of hydrogen-bond donors (Lipinski definition) is 8. The molecule has 0 saturated carbocycles. The molecule has 12 heteroatoms. The van der Waals surface area contributed by atoms with Crippen LogP contribution in [0, 0.1) is 0 Å². The molecule has 2 aliphatic rings. The van der Waals surface area contributed by atoms with E-state index in [1.54, 1.807) is 0 Å². The number of carbonyl (C=O) groups excluding carboxylic acids is 1. The van der Waals surface area contributed by atoms with Crippen LogP contribution in [0.15, 0.2) is 24.3 Å². The van der Waals surface area contributed by atoms with Gasteiger partial charge in [0.1, 0.15) is 41.1 Å². The molecule has 2 aromatic rings. The molecule has 0 aromatic heterocycles. The summed E-state index contributed by atoms with van der Waals surface area (Å²) in [7, 11) is 0. The van der Waals surface area contributed by atoms with E-state index in [-0.39, 0.29) is 16.9 Å².